The summed E-state index contributed by atoms with van der Waals surface area (Å²) in [5.41, 5.74) is 1.75. The van der Waals surface area contributed by atoms with E-state index in [2.05, 4.69) is 6.07 Å². The number of nitrogens with zero attached hydrogens (tertiary/aromatic N) is 2. The van der Waals surface area contributed by atoms with E-state index in [1.165, 1.54) is 0 Å². The number of pyridine rings is 1. The molecule has 2 rings (SSSR count). The molecule has 0 fully saturated rings. The fourth-order valence-electron chi connectivity index (χ4n) is 1.98. The topological polar surface area (TPSA) is 44.7 Å². The van der Waals surface area contributed by atoms with Gasteiger partial charge in [0.1, 0.15) is 5.92 Å². The van der Waals surface area contributed by atoms with Crippen LogP contribution in [0.5, 0.6) is 0 Å². The van der Waals surface area contributed by atoms with E-state index in [9.17, 15) is 10.1 Å². The van der Waals surface area contributed by atoms with Crippen molar-refractivity contribution in [3.8, 4) is 6.07 Å². The molecule has 1 aromatic heterocycles. The number of hydrogen-bond donors (Lipinski definition) is 0. The van der Waals surface area contributed by atoms with E-state index < -0.39 is 5.92 Å². The smallest absolute Gasteiger partial charge is 0.218 e. The van der Waals surface area contributed by atoms with Crippen molar-refractivity contribution in [2.45, 2.75) is 19.4 Å². The third-order valence-electron chi connectivity index (χ3n) is 3.08. The minimum Gasteiger partial charge on any atom is -0.291 e. The average Bonchev–Trinajstić information content (AvgIpc) is 2.43. The van der Waals surface area contributed by atoms with Crippen molar-refractivity contribution in [1.29, 1.82) is 5.26 Å². The summed E-state index contributed by atoms with van der Waals surface area (Å²) in [6.45, 7) is 2.16. The molecule has 94 valence electrons. The van der Waals surface area contributed by atoms with Crippen LogP contribution in [0.25, 0.3) is 0 Å². The van der Waals surface area contributed by atoms with Gasteiger partial charge in [-0.3, -0.25) is 4.79 Å². The Morgan fingerprint density at radius 3 is 2.53 bits per heavy atom. The fraction of sp³-hybridized carbons (Fsp3) is 0.188. The maximum Gasteiger partial charge on any atom is 0.218 e. The first-order valence-corrected chi connectivity index (χ1v) is 6.14. The predicted molar refractivity (Wildman–Crippen MR) is 71.2 cm³/mol. The van der Waals surface area contributed by atoms with Gasteiger partial charge >= 0.3 is 0 Å². The maximum absolute atomic E-state index is 12.3. The van der Waals surface area contributed by atoms with Crippen molar-refractivity contribution in [3.63, 3.8) is 0 Å². The van der Waals surface area contributed by atoms with Gasteiger partial charge < -0.3 is 0 Å². The standard InChI is InChI=1S/C16H15N2O/c1-13-7-5-6-10-18(13)12-16(19)15(11-17)14-8-3-2-4-9-14/h2-10,15H,12H2,1H3/q+1. The van der Waals surface area contributed by atoms with Crippen molar-refractivity contribution in [2.75, 3.05) is 0 Å². The molecular formula is C16H15N2O+. The highest BCUT2D eigenvalue weighted by Crippen LogP contribution is 2.15. The lowest BCUT2D eigenvalue weighted by molar-refractivity contribution is -0.690. The highest BCUT2D eigenvalue weighted by molar-refractivity contribution is 5.87. The number of Topliss-reactive ketones (excluding diaryl/α,β-unsaturated/α-hetero) is 1. The number of aryl methyl sites for hydroxylation is 1. The van der Waals surface area contributed by atoms with Crippen molar-refractivity contribution in [2.24, 2.45) is 0 Å². The molecule has 2 aromatic rings. The van der Waals surface area contributed by atoms with Crippen LogP contribution in [0.1, 0.15) is 17.2 Å². The fourth-order valence-corrected chi connectivity index (χ4v) is 1.98. The van der Waals surface area contributed by atoms with Crippen LogP contribution in [0.3, 0.4) is 0 Å². The molecule has 0 aliphatic rings. The van der Waals surface area contributed by atoms with Crippen LogP contribution in [0.2, 0.25) is 0 Å². The number of rotatable bonds is 4. The Kier molecular flexibility index (Phi) is 4.04. The van der Waals surface area contributed by atoms with Gasteiger partial charge in [-0.05, 0) is 5.56 Å². The second-order valence-corrected chi connectivity index (χ2v) is 4.41. The first-order valence-electron chi connectivity index (χ1n) is 6.14. The zero-order valence-corrected chi connectivity index (χ0v) is 10.8. The number of benzene rings is 1. The zero-order chi connectivity index (χ0) is 13.7. The van der Waals surface area contributed by atoms with E-state index in [4.69, 9.17) is 0 Å². The van der Waals surface area contributed by atoms with Crippen LogP contribution >= 0.6 is 0 Å². The molecule has 1 atom stereocenters. The summed E-state index contributed by atoms with van der Waals surface area (Å²) in [7, 11) is 0. The lowest BCUT2D eigenvalue weighted by Gasteiger charge is -2.06. The molecule has 0 bridgehead atoms. The normalized spacial score (nSPS) is 11.6. The van der Waals surface area contributed by atoms with Crippen LogP contribution < -0.4 is 4.57 Å². The summed E-state index contributed by atoms with van der Waals surface area (Å²) in [6, 6.07) is 17.0. The third-order valence-corrected chi connectivity index (χ3v) is 3.08. The average molecular weight is 251 g/mol. The monoisotopic (exact) mass is 251 g/mol. The molecule has 0 aliphatic carbocycles. The minimum atomic E-state index is -0.701. The van der Waals surface area contributed by atoms with E-state index in [0.717, 1.165) is 11.3 Å². The molecule has 0 saturated heterocycles. The van der Waals surface area contributed by atoms with Crippen molar-refractivity contribution >= 4 is 5.78 Å². The Bertz CT molecular complexity index is 614. The predicted octanol–water partition coefficient (Wildman–Crippen LogP) is 2.16. The van der Waals surface area contributed by atoms with Crippen LogP contribution in [-0.2, 0) is 11.3 Å². The Morgan fingerprint density at radius 1 is 1.21 bits per heavy atom. The van der Waals surface area contributed by atoms with Crippen LogP contribution in [-0.4, -0.2) is 5.78 Å². The SMILES string of the molecule is Cc1cccc[n+]1CC(=O)C(C#N)c1ccccc1. The molecule has 3 heteroatoms. The molecule has 1 heterocycles. The summed E-state index contributed by atoms with van der Waals surface area (Å²) in [5, 5.41) is 9.22. The lowest BCUT2D eigenvalue weighted by Crippen LogP contribution is -2.41. The maximum atomic E-state index is 12.3. The van der Waals surface area contributed by atoms with Gasteiger partial charge in [-0.2, -0.15) is 9.83 Å². The first-order chi connectivity index (χ1) is 9.22. The third kappa shape index (κ3) is 3.05. The van der Waals surface area contributed by atoms with Gasteiger partial charge in [-0.15, -0.1) is 0 Å². The molecule has 0 N–H and O–H groups in total. The van der Waals surface area contributed by atoms with Gasteiger partial charge in [0.05, 0.1) is 6.07 Å². The van der Waals surface area contributed by atoms with Crippen LogP contribution in [0.15, 0.2) is 54.7 Å². The highest BCUT2D eigenvalue weighted by atomic mass is 16.1. The quantitative estimate of drug-likeness (QED) is 0.782. The van der Waals surface area contributed by atoms with Crippen LogP contribution in [0.4, 0.5) is 0 Å². The lowest BCUT2D eigenvalue weighted by atomic mass is 9.96. The van der Waals surface area contributed by atoms with E-state index in [0.29, 0.717) is 0 Å². The minimum absolute atomic E-state index is 0.0898. The highest BCUT2D eigenvalue weighted by Gasteiger charge is 2.23. The summed E-state index contributed by atoms with van der Waals surface area (Å²) in [5.74, 6) is -0.790. The van der Waals surface area contributed by atoms with Gasteiger partial charge in [-0.1, -0.05) is 36.4 Å². The zero-order valence-electron chi connectivity index (χ0n) is 10.8. The van der Waals surface area contributed by atoms with Gasteiger partial charge in [-0.25, -0.2) is 0 Å². The summed E-state index contributed by atoms with van der Waals surface area (Å²) in [6.07, 6.45) is 1.85. The van der Waals surface area contributed by atoms with Gasteiger partial charge in [0.2, 0.25) is 12.3 Å². The Hall–Kier alpha value is -2.47. The molecule has 0 amide bonds. The van der Waals surface area contributed by atoms with Crippen molar-refractivity contribution in [3.05, 3.63) is 66.0 Å². The molecule has 0 spiro atoms. The Morgan fingerprint density at radius 2 is 1.89 bits per heavy atom. The second kappa shape index (κ2) is 5.92. The summed E-state index contributed by atoms with van der Waals surface area (Å²) >= 11 is 0. The van der Waals surface area contributed by atoms with E-state index in [1.807, 2.05) is 66.2 Å². The van der Waals surface area contributed by atoms with Gasteiger partial charge in [0, 0.05) is 19.1 Å². The number of nitriles is 1. The van der Waals surface area contributed by atoms with E-state index >= 15 is 0 Å². The molecule has 1 aromatic carbocycles. The molecular weight excluding hydrogens is 236 g/mol. The molecule has 0 aliphatic heterocycles. The second-order valence-electron chi connectivity index (χ2n) is 4.41. The number of carbonyl (C=O) groups excluding carboxylic acids is 1. The molecule has 1 unspecified atom stereocenters. The van der Waals surface area contributed by atoms with Crippen molar-refractivity contribution < 1.29 is 9.36 Å². The molecule has 19 heavy (non-hydrogen) atoms. The number of hydrogen-bond acceptors (Lipinski definition) is 2. The van der Waals surface area contributed by atoms with Crippen LogP contribution in [0, 0.1) is 18.3 Å². The Balaban J connectivity index is 2.20. The number of ketones is 1. The molecule has 0 saturated carbocycles. The van der Waals surface area contributed by atoms with E-state index in [1.54, 1.807) is 0 Å². The Labute approximate surface area is 112 Å². The molecule has 3 nitrogen and oxygen atoms in total. The number of aromatic nitrogens is 1. The number of carbonyl (C=O) groups is 1. The first kappa shape index (κ1) is 13.0. The summed E-state index contributed by atoms with van der Waals surface area (Å²) < 4.78 is 1.86. The van der Waals surface area contributed by atoms with Gasteiger partial charge in [0.25, 0.3) is 0 Å². The van der Waals surface area contributed by atoms with Gasteiger partial charge in [0.15, 0.2) is 11.9 Å². The largest absolute Gasteiger partial charge is 0.291 e. The summed E-state index contributed by atoms with van der Waals surface area (Å²) in [4.78, 5) is 12.3. The van der Waals surface area contributed by atoms with E-state index in [-0.39, 0.29) is 12.3 Å². The van der Waals surface area contributed by atoms with Crippen molar-refractivity contribution in [1.82, 2.24) is 0 Å². The molecule has 0 radical (unpaired) electrons.